The van der Waals surface area contributed by atoms with Crippen molar-refractivity contribution in [1.82, 2.24) is 24.7 Å². The number of rotatable bonds is 4. The molecule has 3 rings (SSSR count). The van der Waals surface area contributed by atoms with Crippen LogP contribution in [0.5, 0.6) is 5.88 Å². The number of aliphatic hydroxyl groups excluding tert-OH is 1. The molecule has 1 saturated heterocycles. The smallest absolute Gasteiger partial charge is 0.415 e. The molecule has 1 atom stereocenters. The highest BCUT2D eigenvalue weighted by atomic mass is 19.4. The number of hydrogen-bond acceptors (Lipinski definition) is 6. The van der Waals surface area contributed by atoms with Gasteiger partial charge in [0.2, 0.25) is 5.88 Å². The number of alkyl halides is 3. The molecule has 0 spiro atoms. The van der Waals surface area contributed by atoms with Crippen LogP contribution in [0.2, 0.25) is 0 Å². The number of hydrogen-bond donors (Lipinski definition) is 1. The molecule has 7 nitrogen and oxygen atoms in total. The van der Waals surface area contributed by atoms with Gasteiger partial charge in [-0.2, -0.15) is 17.7 Å². The largest absolute Gasteiger partial charge is 0.480 e. The Bertz CT molecular complexity index is 697. The highest BCUT2D eigenvalue weighted by Crippen LogP contribution is 2.28. The highest BCUT2D eigenvalue weighted by Gasteiger charge is 2.39. The monoisotopic (exact) mass is 345 g/mol. The summed E-state index contributed by atoms with van der Waals surface area (Å²) < 4.78 is 44.0. The predicted octanol–water partition coefficient (Wildman–Crippen LogP) is 1.24. The zero-order chi connectivity index (χ0) is 17.3. The number of piperidine rings is 1. The third-order valence-corrected chi connectivity index (χ3v) is 4.23. The van der Waals surface area contributed by atoms with Crippen molar-refractivity contribution < 1.29 is 23.0 Å². The van der Waals surface area contributed by atoms with Crippen LogP contribution in [-0.4, -0.2) is 68.8 Å². The lowest BCUT2D eigenvalue weighted by molar-refractivity contribution is -0.208. The molecule has 0 bridgehead atoms. The summed E-state index contributed by atoms with van der Waals surface area (Å²) in [5, 5.41) is 21.7. The maximum Gasteiger partial charge on any atom is 0.415 e. The van der Waals surface area contributed by atoms with Gasteiger partial charge in [0.25, 0.3) is 0 Å². The van der Waals surface area contributed by atoms with Crippen LogP contribution in [0.3, 0.4) is 0 Å². The van der Waals surface area contributed by atoms with E-state index in [2.05, 4.69) is 15.3 Å². The minimum absolute atomic E-state index is 0.0545. The van der Waals surface area contributed by atoms with Crippen LogP contribution in [0, 0.1) is 0 Å². The molecular weight excluding hydrogens is 327 g/mol. The van der Waals surface area contributed by atoms with Gasteiger partial charge in [-0.3, -0.25) is 0 Å². The quantitative estimate of drug-likeness (QED) is 0.898. The Morgan fingerprint density at radius 1 is 1.29 bits per heavy atom. The van der Waals surface area contributed by atoms with Crippen molar-refractivity contribution in [3.05, 3.63) is 18.0 Å². The lowest BCUT2D eigenvalue weighted by Crippen LogP contribution is -2.44. The number of aromatic nitrogens is 4. The van der Waals surface area contributed by atoms with E-state index >= 15 is 0 Å². The molecule has 1 aliphatic rings. The van der Waals surface area contributed by atoms with Gasteiger partial charge in [0.1, 0.15) is 0 Å². The molecule has 1 unspecified atom stereocenters. The van der Waals surface area contributed by atoms with Crippen molar-refractivity contribution in [3.63, 3.8) is 0 Å². The topological polar surface area (TPSA) is 75.8 Å². The molecule has 10 heteroatoms. The number of ether oxygens (including phenoxy) is 1. The first-order valence-corrected chi connectivity index (χ1v) is 7.62. The molecule has 0 aliphatic carbocycles. The molecule has 1 fully saturated rings. The first kappa shape index (κ1) is 16.9. The Balaban J connectivity index is 1.67. The number of nitrogens with zero attached hydrogens (tertiary/aromatic N) is 5. The fourth-order valence-electron chi connectivity index (χ4n) is 2.87. The fraction of sp³-hybridized carbons (Fsp3) is 0.643. The molecule has 2 aromatic rings. The van der Waals surface area contributed by atoms with E-state index in [0.29, 0.717) is 43.3 Å². The van der Waals surface area contributed by atoms with E-state index in [1.54, 1.807) is 21.5 Å². The molecule has 132 valence electrons. The molecule has 0 radical (unpaired) electrons. The Morgan fingerprint density at radius 2 is 2.00 bits per heavy atom. The third kappa shape index (κ3) is 3.44. The van der Waals surface area contributed by atoms with Gasteiger partial charge in [-0.1, -0.05) is 0 Å². The number of fused-ring (bicyclic) bond motifs is 1. The van der Waals surface area contributed by atoms with Crippen LogP contribution in [0.25, 0.3) is 5.65 Å². The van der Waals surface area contributed by atoms with Crippen LogP contribution in [0.1, 0.15) is 24.6 Å². The zero-order valence-electron chi connectivity index (χ0n) is 13.1. The van der Waals surface area contributed by atoms with E-state index in [1.807, 2.05) is 0 Å². The summed E-state index contributed by atoms with van der Waals surface area (Å²) in [7, 11) is 1.52. The second-order valence-corrected chi connectivity index (χ2v) is 5.84. The van der Waals surface area contributed by atoms with E-state index in [1.165, 1.54) is 7.11 Å². The predicted molar refractivity (Wildman–Crippen MR) is 77.8 cm³/mol. The number of likely N-dealkylation sites (tertiary alicyclic amines) is 1. The summed E-state index contributed by atoms with van der Waals surface area (Å²) in [4.78, 5) is 1.62. The molecule has 24 heavy (non-hydrogen) atoms. The van der Waals surface area contributed by atoms with Crippen molar-refractivity contribution in [2.24, 2.45) is 0 Å². The lowest BCUT2D eigenvalue weighted by atomic mass is 9.96. The van der Waals surface area contributed by atoms with Gasteiger partial charge >= 0.3 is 6.18 Å². The van der Waals surface area contributed by atoms with Crippen molar-refractivity contribution in [2.45, 2.75) is 31.0 Å². The molecule has 0 amide bonds. The summed E-state index contributed by atoms with van der Waals surface area (Å²) >= 11 is 0. The minimum Gasteiger partial charge on any atom is -0.480 e. The molecule has 3 heterocycles. The van der Waals surface area contributed by atoms with Gasteiger partial charge < -0.3 is 14.7 Å². The normalized spacial score (nSPS) is 18.9. The Hall–Kier alpha value is -1.94. The first-order valence-electron chi connectivity index (χ1n) is 7.62. The van der Waals surface area contributed by atoms with Gasteiger partial charge in [-0.25, -0.2) is 0 Å². The van der Waals surface area contributed by atoms with Crippen molar-refractivity contribution in [3.8, 4) is 5.88 Å². The van der Waals surface area contributed by atoms with Crippen LogP contribution >= 0.6 is 0 Å². The van der Waals surface area contributed by atoms with E-state index < -0.39 is 18.8 Å². The summed E-state index contributed by atoms with van der Waals surface area (Å²) in [6.07, 6.45) is -5.64. The molecule has 1 aliphatic heterocycles. The standard InChI is InChI=1S/C14H18F3N5O2/c1-24-12-3-2-11-18-19-13(22(11)20-12)9-4-6-21(7-5-9)8-10(23)14(15,16)17/h2-3,9-10,23H,4-8H2,1H3. The van der Waals surface area contributed by atoms with Gasteiger partial charge in [0.05, 0.1) is 7.11 Å². The van der Waals surface area contributed by atoms with Gasteiger partial charge in [0.15, 0.2) is 17.6 Å². The second kappa shape index (κ2) is 6.52. The highest BCUT2D eigenvalue weighted by molar-refractivity contribution is 5.38. The Labute approximate surface area is 136 Å². The second-order valence-electron chi connectivity index (χ2n) is 5.84. The van der Waals surface area contributed by atoms with E-state index in [4.69, 9.17) is 9.84 Å². The van der Waals surface area contributed by atoms with Gasteiger partial charge in [-0.15, -0.1) is 15.3 Å². The Kier molecular flexibility index (Phi) is 4.59. The minimum atomic E-state index is -4.58. The Morgan fingerprint density at radius 3 is 2.62 bits per heavy atom. The SMILES string of the molecule is COc1ccc2nnc(C3CCN(CC(O)C(F)(F)F)CC3)n2n1. The maximum atomic E-state index is 12.4. The van der Waals surface area contributed by atoms with Gasteiger partial charge in [-0.05, 0) is 32.0 Å². The number of methoxy groups -OCH3 is 1. The molecule has 0 aromatic carbocycles. The summed E-state index contributed by atoms with van der Waals surface area (Å²) in [6, 6.07) is 3.44. The zero-order valence-corrected chi connectivity index (χ0v) is 13.1. The lowest BCUT2D eigenvalue weighted by Gasteiger charge is -2.32. The van der Waals surface area contributed by atoms with Crippen LogP contribution in [0.4, 0.5) is 13.2 Å². The average Bonchev–Trinajstić information content (AvgIpc) is 2.97. The molecule has 0 saturated carbocycles. The van der Waals surface area contributed by atoms with Crippen molar-refractivity contribution in [2.75, 3.05) is 26.7 Å². The number of aliphatic hydroxyl groups is 1. The first-order chi connectivity index (χ1) is 11.4. The van der Waals surface area contributed by atoms with Crippen molar-refractivity contribution in [1.29, 1.82) is 0 Å². The molecule has 1 N–H and O–H groups in total. The summed E-state index contributed by atoms with van der Waals surface area (Å²) in [5.74, 6) is 1.17. The number of β-amino-alcohol motifs (C(OH)–C–C–N with tert-alkyl or cyclic N) is 1. The number of halogens is 3. The van der Waals surface area contributed by atoms with Crippen LogP contribution in [-0.2, 0) is 0 Å². The maximum absolute atomic E-state index is 12.4. The average molecular weight is 345 g/mol. The summed E-state index contributed by atoms with van der Waals surface area (Å²) in [5.41, 5.74) is 0.598. The van der Waals surface area contributed by atoms with Crippen LogP contribution < -0.4 is 4.74 Å². The van der Waals surface area contributed by atoms with Crippen molar-refractivity contribution >= 4 is 5.65 Å². The van der Waals surface area contributed by atoms with Crippen LogP contribution in [0.15, 0.2) is 12.1 Å². The molecule has 2 aromatic heterocycles. The van der Waals surface area contributed by atoms with E-state index in [9.17, 15) is 13.2 Å². The van der Waals surface area contributed by atoms with E-state index in [-0.39, 0.29) is 5.92 Å². The summed E-state index contributed by atoms with van der Waals surface area (Å²) in [6.45, 7) is 0.510. The third-order valence-electron chi connectivity index (χ3n) is 4.23. The van der Waals surface area contributed by atoms with E-state index in [0.717, 1.165) is 0 Å². The van der Waals surface area contributed by atoms with Gasteiger partial charge in [0, 0.05) is 18.5 Å². The fourth-order valence-corrected chi connectivity index (χ4v) is 2.87. The molecular formula is C14H18F3N5O2.